The maximum Gasteiger partial charge on any atom is 0.224 e. The molecule has 0 bridgehead atoms. The number of carbonyl (C=O) groups is 1. The fraction of sp³-hybridized carbons (Fsp3) is 0.647. The molecular formula is C17H26N2O2. The van der Waals surface area contributed by atoms with Gasteiger partial charge in [0.1, 0.15) is 0 Å². The lowest BCUT2D eigenvalue weighted by Crippen LogP contribution is -2.57. The average molecular weight is 290 g/mol. The maximum absolute atomic E-state index is 12.3. The van der Waals surface area contributed by atoms with Gasteiger partial charge in [-0.1, -0.05) is 26.8 Å². The van der Waals surface area contributed by atoms with E-state index >= 15 is 0 Å². The predicted octanol–water partition coefficient (Wildman–Crippen LogP) is 2.32. The summed E-state index contributed by atoms with van der Waals surface area (Å²) in [6.07, 6.45) is 6.50. The minimum Gasteiger partial charge on any atom is -0.394 e. The molecule has 4 nitrogen and oxygen atoms in total. The fourth-order valence-electron chi connectivity index (χ4n) is 4.03. The van der Waals surface area contributed by atoms with Crippen LogP contribution in [-0.2, 0) is 11.2 Å². The molecule has 1 aliphatic rings. The van der Waals surface area contributed by atoms with Gasteiger partial charge in [0.2, 0.25) is 5.91 Å². The van der Waals surface area contributed by atoms with Crippen LogP contribution in [0.5, 0.6) is 0 Å². The fourth-order valence-corrected chi connectivity index (χ4v) is 4.03. The second-order valence-electron chi connectivity index (χ2n) is 7.38. The molecule has 116 valence electrons. The van der Waals surface area contributed by atoms with E-state index in [1.54, 1.807) is 12.4 Å². The Morgan fingerprint density at radius 1 is 1.48 bits per heavy atom. The van der Waals surface area contributed by atoms with Crippen molar-refractivity contribution in [2.45, 2.75) is 52.0 Å². The Hall–Kier alpha value is -1.42. The summed E-state index contributed by atoms with van der Waals surface area (Å²) in [6, 6.07) is 3.72. The number of nitrogens with zero attached hydrogens (tertiary/aromatic N) is 1. The molecule has 21 heavy (non-hydrogen) atoms. The normalized spacial score (nSPS) is 28.1. The van der Waals surface area contributed by atoms with Crippen LogP contribution in [0.15, 0.2) is 24.5 Å². The van der Waals surface area contributed by atoms with E-state index in [-0.39, 0.29) is 17.9 Å². The van der Waals surface area contributed by atoms with Gasteiger partial charge in [0.25, 0.3) is 0 Å². The molecule has 1 amide bonds. The zero-order valence-electron chi connectivity index (χ0n) is 13.2. The van der Waals surface area contributed by atoms with E-state index in [2.05, 4.69) is 31.1 Å². The largest absolute Gasteiger partial charge is 0.394 e. The lowest BCUT2D eigenvalue weighted by Gasteiger charge is -2.47. The number of amides is 1. The Morgan fingerprint density at radius 3 is 2.81 bits per heavy atom. The summed E-state index contributed by atoms with van der Waals surface area (Å²) in [4.78, 5) is 16.3. The number of aliphatic hydroxyl groups excluding tert-OH is 1. The van der Waals surface area contributed by atoms with Gasteiger partial charge < -0.3 is 10.4 Å². The first-order valence-electron chi connectivity index (χ1n) is 7.65. The van der Waals surface area contributed by atoms with E-state index in [1.807, 2.05) is 12.1 Å². The molecule has 1 heterocycles. The quantitative estimate of drug-likeness (QED) is 0.894. The van der Waals surface area contributed by atoms with Gasteiger partial charge in [0, 0.05) is 12.4 Å². The lowest BCUT2D eigenvalue weighted by atomic mass is 9.64. The molecule has 1 aromatic rings. The van der Waals surface area contributed by atoms with Crippen molar-refractivity contribution >= 4 is 5.91 Å². The number of pyridine rings is 1. The van der Waals surface area contributed by atoms with Crippen molar-refractivity contribution in [1.29, 1.82) is 0 Å². The van der Waals surface area contributed by atoms with E-state index in [0.29, 0.717) is 12.3 Å². The van der Waals surface area contributed by atoms with Crippen molar-refractivity contribution in [3.05, 3.63) is 30.1 Å². The molecule has 2 unspecified atom stereocenters. The third-order valence-electron chi connectivity index (χ3n) is 4.25. The van der Waals surface area contributed by atoms with Gasteiger partial charge in [-0.05, 0) is 42.2 Å². The summed E-state index contributed by atoms with van der Waals surface area (Å²) in [5, 5.41) is 13.0. The van der Waals surface area contributed by atoms with Crippen LogP contribution in [0.2, 0.25) is 0 Å². The van der Waals surface area contributed by atoms with Crippen LogP contribution < -0.4 is 5.32 Å². The van der Waals surface area contributed by atoms with E-state index in [9.17, 15) is 9.90 Å². The van der Waals surface area contributed by atoms with Crippen LogP contribution in [-0.4, -0.2) is 28.1 Å². The number of aromatic nitrogens is 1. The monoisotopic (exact) mass is 290 g/mol. The van der Waals surface area contributed by atoms with Crippen LogP contribution >= 0.6 is 0 Å². The first kappa shape index (κ1) is 16.0. The van der Waals surface area contributed by atoms with E-state index in [4.69, 9.17) is 0 Å². The van der Waals surface area contributed by atoms with Crippen molar-refractivity contribution in [2.75, 3.05) is 6.61 Å². The Morgan fingerprint density at radius 2 is 2.24 bits per heavy atom. The first-order valence-corrected chi connectivity index (χ1v) is 7.65. The van der Waals surface area contributed by atoms with Crippen LogP contribution in [0.1, 0.15) is 45.6 Å². The van der Waals surface area contributed by atoms with E-state index in [0.717, 1.165) is 24.8 Å². The van der Waals surface area contributed by atoms with Crippen LogP contribution in [0.3, 0.4) is 0 Å². The molecule has 0 aromatic carbocycles. The SMILES string of the molecule is CC1CC(C)(C)CC(CO)(NC(=O)Cc2cccnc2)C1. The van der Waals surface area contributed by atoms with Gasteiger partial charge in [-0.25, -0.2) is 0 Å². The maximum atomic E-state index is 12.3. The molecule has 1 saturated carbocycles. The van der Waals surface area contributed by atoms with Crippen molar-refractivity contribution in [2.24, 2.45) is 11.3 Å². The highest BCUT2D eigenvalue weighted by Gasteiger charge is 2.43. The molecular weight excluding hydrogens is 264 g/mol. The van der Waals surface area contributed by atoms with Gasteiger partial charge in [-0.2, -0.15) is 0 Å². The number of hydrogen-bond donors (Lipinski definition) is 2. The number of aliphatic hydroxyl groups is 1. The molecule has 2 rings (SSSR count). The van der Waals surface area contributed by atoms with Crippen molar-refractivity contribution in [3.8, 4) is 0 Å². The molecule has 0 spiro atoms. The van der Waals surface area contributed by atoms with Crippen molar-refractivity contribution in [3.63, 3.8) is 0 Å². The number of carbonyl (C=O) groups excluding carboxylic acids is 1. The minimum absolute atomic E-state index is 0.000447. The summed E-state index contributed by atoms with van der Waals surface area (Å²) in [5.74, 6) is 0.460. The molecule has 2 atom stereocenters. The first-order chi connectivity index (χ1) is 9.84. The smallest absolute Gasteiger partial charge is 0.224 e. The zero-order chi connectivity index (χ0) is 15.5. The second kappa shape index (κ2) is 6.14. The molecule has 1 aromatic heterocycles. The Bertz CT molecular complexity index is 487. The topological polar surface area (TPSA) is 62.2 Å². The van der Waals surface area contributed by atoms with Crippen LogP contribution in [0.4, 0.5) is 0 Å². The van der Waals surface area contributed by atoms with Crippen molar-refractivity contribution in [1.82, 2.24) is 10.3 Å². The van der Waals surface area contributed by atoms with Gasteiger partial charge in [-0.15, -0.1) is 0 Å². The molecule has 2 N–H and O–H groups in total. The third-order valence-corrected chi connectivity index (χ3v) is 4.25. The molecule has 0 aliphatic heterocycles. The zero-order valence-corrected chi connectivity index (χ0v) is 13.2. The van der Waals surface area contributed by atoms with Gasteiger partial charge >= 0.3 is 0 Å². The highest BCUT2D eigenvalue weighted by molar-refractivity contribution is 5.79. The molecule has 0 radical (unpaired) electrons. The standard InChI is InChI=1S/C17H26N2O2/c1-13-8-16(2,3)11-17(9-13,12-20)19-15(21)7-14-5-4-6-18-10-14/h4-6,10,13,20H,7-9,11-12H2,1-3H3,(H,19,21). The molecule has 0 saturated heterocycles. The average Bonchev–Trinajstić information content (AvgIpc) is 2.37. The highest BCUT2D eigenvalue weighted by Crippen LogP contribution is 2.43. The number of nitrogens with one attached hydrogen (secondary N) is 1. The van der Waals surface area contributed by atoms with Crippen LogP contribution in [0, 0.1) is 11.3 Å². The predicted molar refractivity (Wildman–Crippen MR) is 82.7 cm³/mol. The van der Waals surface area contributed by atoms with Crippen molar-refractivity contribution < 1.29 is 9.90 Å². The second-order valence-corrected chi connectivity index (χ2v) is 7.38. The minimum atomic E-state index is -0.486. The number of hydrogen-bond acceptors (Lipinski definition) is 3. The Kier molecular flexibility index (Phi) is 4.67. The summed E-state index contributed by atoms with van der Waals surface area (Å²) in [6.45, 7) is 6.61. The van der Waals surface area contributed by atoms with Gasteiger partial charge in [0.15, 0.2) is 0 Å². The van der Waals surface area contributed by atoms with E-state index in [1.165, 1.54) is 0 Å². The Balaban J connectivity index is 2.06. The highest BCUT2D eigenvalue weighted by atomic mass is 16.3. The van der Waals surface area contributed by atoms with Gasteiger partial charge in [-0.3, -0.25) is 9.78 Å². The summed E-state index contributed by atoms with van der Waals surface area (Å²) >= 11 is 0. The third kappa shape index (κ3) is 4.27. The summed E-state index contributed by atoms with van der Waals surface area (Å²) < 4.78 is 0. The van der Waals surface area contributed by atoms with Gasteiger partial charge in [0.05, 0.1) is 18.6 Å². The van der Waals surface area contributed by atoms with E-state index < -0.39 is 5.54 Å². The molecule has 1 aliphatic carbocycles. The molecule has 1 fully saturated rings. The summed E-state index contributed by atoms with van der Waals surface area (Å²) in [7, 11) is 0. The van der Waals surface area contributed by atoms with Crippen LogP contribution in [0.25, 0.3) is 0 Å². The molecule has 4 heteroatoms. The number of rotatable bonds is 4. The lowest BCUT2D eigenvalue weighted by molar-refractivity contribution is -0.124. The Labute approximate surface area is 127 Å². The summed E-state index contributed by atoms with van der Waals surface area (Å²) in [5.41, 5.74) is 0.550.